The van der Waals surface area contributed by atoms with E-state index >= 15 is 0 Å². The molecule has 0 bridgehead atoms. The van der Waals surface area contributed by atoms with Crippen LogP contribution in [0.5, 0.6) is 0 Å². The van der Waals surface area contributed by atoms with Crippen LogP contribution in [0.2, 0.25) is 0 Å². The fourth-order valence-corrected chi connectivity index (χ4v) is 2.65. The van der Waals surface area contributed by atoms with Crippen LogP contribution < -0.4 is 0 Å². The van der Waals surface area contributed by atoms with Crippen molar-refractivity contribution in [3.05, 3.63) is 57.8 Å². The van der Waals surface area contributed by atoms with Crippen molar-refractivity contribution in [3.63, 3.8) is 0 Å². The van der Waals surface area contributed by atoms with Gasteiger partial charge in [-0.15, -0.1) is 0 Å². The summed E-state index contributed by atoms with van der Waals surface area (Å²) < 4.78 is 0. The van der Waals surface area contributed by atoms with E-state index in [1.54, 1.807) is 0 Å². The predicted octanol–water partition coefficient (Wildman–Crippen LogP) is 4.71. The maximum atomic E-state index is 4.87. The monoisotopic (exact) mass is 282 g/mol. The van der Waals surface area contributed by atoms with Gasteiger partial charge in [-0.3, -0.25) is 4.99 Å². The van der Waals surface area contributed by atoms with Gasteiger partial charge < -0.3 is 4.90 Å². The number of nitrogens with zero attached hydrogens (tertiary/aromatic N) is 2. The van der Waals surface area contributed by atoms with Gasteiger partial charge in [-0.05, 0) is 47.1 Å². The Morgan fingerprint density at radius 2 is 1.71 bits per heavy atom. The van der Waals surface area contributed by atoms with E-state index < -0.39 is 0 Å². The van der Waals surface area contributed by atoms with Crippen LogP contribution in [0.1, 0.15) is 45.7 Å². The Bertz CT molecular complexity index is 611. The third-order valence-electron chi connectivity index (χ3n) is 4.30. The highest BCUT2D eigenvalue weighted by atomic mass is 15.2. The molecule has 0 amide bonds. The van der Waals surface area contributed by atoms with Crippen LogP contribution in [0, 0.1) is 6.92 Å². The summed E-state index contributed by atoms with van der Waals surface area (Å²) in [6, 6.07) is 8.69. The molecule has 1 heterocycles. The van der Waals surface area contributed by atoms with E-state index in [2.05, 4.69) is 70.7 Å². The summed E-state index contributed by atoms with van der Waals surface area (Å²) in [5, 5.41) is 0. The fourth-order valence-electron chi connectivity index (χ4n) is 2.65. The van der Waals surface area contributed by atoms with Crippen LogP contribution in [0.25, 0.3) is 0 Å². The van der Waals surface area contributed by atoms with E-state index in [0.29, 0.717) is 0 Å². The van der Waals surface area contributed by atoms with E-state index in [1.807, 2.05) is 0 Å². The summed E-state index contributed by atoms with van der Waals surface area (Å²) in [5.41, 5.74) is 8.95. The van der Waals surface area contributed by atoms with Gasteiger partial charge >= 0.3 is 0 Å². The normalized spacial score (nSPS) is 15.1. The van der Waals surface area contributed by atoms with E-state index in [1.165, 1.54) is 33.5 Å². The van der Waals surface area contributed by atoms with Gasteiger partial charge in [0.25, 0.3) is 0 Å². The lowest BCUT2D eigenvalue weighted by atomic mass is 9.91. The average Bonchev–Trinajstić information content (AvgIpc) is 2.47. The smallest absolute Gasteiger partial charge is 0.110 e. The first-order valence-electron chi connectivity index (χ1n) is 7.67. The molecule has 0 atom stereocenters. The topological polar surface area (TPSA) is 15.6 Å². The molecule has 0 fully saturated rings. The highest BCUT2D eigenvalue weighted by Crippen LogP contribution is 2.28. The molecule has 2 heteroatoms. The number of allylic oxidation sites excluding steroid dienone is 4. The Hall–Kier alpha value is -1.83. The highest BCUT2D eigenvalue weighted by Gasteiger charge is 2.22. The molecule has 0 aliphatic carbocycles. The zero-order valence-electron chi connectivity index (χ0n) is 14.1. The minimum absolute atomic E-state index is 0.755. The highest BCUT2D eigenvalue weighted by molar-refractivity contribution is 6.16. The molecule has 1 aliphatic heterocycles. The van der Waals surface area contributed by atoms with Gasteiger partial charge in [-0.25, -0.2) is 0 Å². The van der Waals surface area contributed by atoms with Gasteiger partial charge in [-0.1, -0.05) is 35.4 Å². The first-order valence-corrected chi connectivity index (χ1v) is 7.67. The Balaban J connectivity index is 2.57. The number of benzene rings is 1. The van der Waals surface area contributed by atoms with Crippen LogP contribution in [0.3, 0.4) is 0 Å². The second-order valence-electron chi connectivity index (χ2n) is 5.96. The van der Waals surface area contributed by atoms with Gasteiger partial charge in [0, 0.05) is 23.4 Å². The van der Waals surface area contributed by atoms with Crippen molar-refractivity contribution in [1.82, 2.24) is 4.90 Å². The standard InChI is InChI=1S/C19H26N2/c1-7-21-12-20-19(17-10-8-14(4)9-11-17)18(16(21)6)15(5)13(2)3/h8-11H,7,12H2,1-6H3. The molecule has 1 aromatic carbocycles. The maximum Gasteiger partial charge on any atom is 0.110 e. The van der Waals surface area contributed by atoms with Gasteiger partial charge in [0.2, 0.25) is 0 Å². The van der Waals surface area contributed by atoms with Crippen LogP contribution in [0.15, 0.2) is 51.7 Å². The minimum atomic E-state index is 0.755. The molecule has 0 unspecified atom stereocenters. The van der Waals surface area contributed by atoms with Crippen molar-refractivity contribution < 1.29 is 0 Å². The molecule has 0 saturated carbocycles. The Kier molecular flexibility index (Phi) is 4.66. The summed E-state index contributed by atoms with van der Waals surface area (Å²) in [7, 11) is 0. The number of hydrogen-bond acceptors (Lipinski definition) is 2. The molecule has 2 nitrogen and oxygen atoms in total. The minimum Gasteiger partial charge on any atom is -0.355 e. The average molecular weight is 282 g/mol. The van der Waals surface area contributed by atoms with Crippen molar-refractivity contribution >= 4 is 5.71 Å². The van der Waals surface area contributed by atoms with Crippen LogP contribution in [-0.4, -0.2) is 23.8 Å². The lowest BCUT2D eigenvalue weighted by molar-refractivity contribution is 0.369. The largest absolute Gasteiger partial charge is 0.355 e. The zero-order valence-corrected chi connectivity index (χ0v) is 14.1. The summed E-state index contributed by atoms with van der Waals surface area (Å²) in [6.45, 7) is 14.8. The third kappa shape index (κ3) is 3.10. The molecule has 2 rings (SSSR count). The van der Waals surface area contributed by atoms with Crippen LogP contribution in [-0.2, 0) is 0 Å². The molecule has 0 aromatic heterocycles. The lowest BCUT2D eigenvalue weighted by Crippen LogP contribution is -2.30. The molecular weight excluding hydrogens is 256 g/mol. The van der Waals surface area contributed by atoms with Gasteiger partial charge in [0.1, 0.15) is 6.67 Å². The summed E-state index contributed by atoms with van der Waals surface area (Å²) in [6.07, 6.45) is 0. The molecule has 0 N–H and O–H groups in total. The quantitative estimate of drug-likeness (QED) is 0.784. The summed E-state index contributed by atoms with van der Waals surface area (Å²) in [5.74, 6) is 0. The van der Waals surface area contributed by atoms with Crippen molar-refractivity contribution in [2.45, 2.75) is 41.5 Å². The van der Waals surface area contributed by atoms with E-state index in [9.17, 15) is 0 Å². The first kappa shape index (κ1) is 15.6. The Labute approximate surface area is 128 Å². The molecule has 112 valence electrons. The number of rotatable bonds is 3. The molecule has 0 spiro atoms. The van der Waals surface area contributed by atoms with Crippen molar-refractivity contribution in [1.29, 1.82) is 0 Å². The molecular formula is C19H26N2. The number of aryl methyl sites for hydroxylation is 1. The third-order valence-corrected chi connectivity index (χ3v) is 4.30. The number of hydrogen-bond donors (Lipinski definition) is 0. The summed E-state index contributed by atoms with van der Waals surface area (Å²) >= 11 is 0. The molecule has 1 aromatic rings. The number of aliphatic imine (C=N–C) groups is 1. The van der Waals surface area contributed by atoms with E-state index in [0.717, 1.165) is 18.9 Å². The second-order valence-corrected chi connectivity index (χ2v) is 5.96. The zero-order chi connectivity index (χ0) is 15.6. The van der Waals surface area contributed by atoms with Crippen LogP contribution in [0.4, 0.5) is 0 Å². The van der Waals surface area contributed by atoms with Gasteiger partial charge in [-0.2, -0.15) is 0 Å². The lowest BCUT2D eigenvalue weighted by Gasteiger charge is -2.31. The predicted molar refractivity (Wildman–Crippen MR) is 91.7 cm³/mol. The second kappa shape index (κ2) is 6.30. The summed E-state index contributed by atoms with van der Waals surface area (Å²) in [4.78, 5) is 7.20. The Morgan fingerprint density at radius 3 is 2.24 bits per heavy atom. The van der Waals surface area contributed by atoms with E-state index in [4.69, 9.17) is 4.99 Å². The van der Waals surface area contributed by atoms with Crippen molar-refractivity contribution in [2.75, 3.05) is 13.2 Å². The molecule has 21 heavy (non-hydrogen) atoms. The van der Waals surface area contributed by atoms with Gasteiger partial charge in [0.05, 0.1) is 5.71 Å². The van der Waals surface area contributed by atoms with E-state index in [-0.39, 0.29) is 0 Å². The maximum absolute atomic E-state index is 4.87. The SMILES string of the molecule is CCN1CN=C(c2ccc(C)cc2)C(C(C)=C(C)C)=C1C. The Morgan fingerprint density at radius 1 is 1.10 bits per heavy atom. The molecule has 0 radical (unpaired) electrons. The first-order chi connectivity index (χ1) is 9.95. The van der Waals surface area contributed by atoms with Gasteiger partial charge in [0.15, 0.2) is 0 Å². The molecule has 1 aliphatic rings. The van der Waals surface area contributed by atoms with Crippen molar-refractivity contribution in [3.8, 4) is 0 Å². The van der Waals surface area contributed by atoms with Crippen molar-refractivity contribution in [2.24, 2.45) is 4.99 Å². The van der Waals surface area contributed by atoms with Crippen LogP contribution >= 0.6 is 0 Å². The molecule has 0 saturated heterocycles. The fraction of sp³-hybridized carbons (Fsp3) is 0.421.